The van der Waals surface area contributed by atoms with Crippen molar-refractivity contribution in [3.63, 3.8) is 0 Å². The van der Waals surface area contributed by atoms with E-state index in [9.17, 15) is 18.3 Å². The summed E-state index contributed by atoms with van der Waals surface area (Å²) in [7, 11) is 0. The molecule has 0 spiro atoms. The van der Waals surface area contributed by atoms with Gasteiger partial charge in [0, 0.05) is 19.2 Å². The lowest BCUT2D eigenvalue weighted by molar-refractivity contribution is -0.137. The van der Waals surface area contributed by atoms with Gasteiger partial charge >= 0.3 is 6.18 Å². The third-order valence-corrected chi connectivity index (χ3v) is 4.57. The van der Waals surface area contributed by atoms with Crippen LogP contribution in [0.3, 0.4) is 0 Å². The van der Waals surface area contributed by atoms with Crippen LogP contribution >= 0.6 is 11.6 Å². The van der Waals surface area contributed by atoms with E-state index >= 15 is 0 Å². The minimum absolute atomic E-state index is 0.0591. The number of nitrogens with one attached hydrogen (secondary N) is 2. The zero-order valence-corrected chi connectivity index (χ0v) is 15.3. The lowest BCUT2D eigenvalue weighted by Crippen LogP contribution is -2.38. The molecule has 0 aliphatic carbocycles. The van der Waals surface area contributed by atoms with Crippen molar-refractivity contribution in [2.45, 2.75) is 38.3 Å². The summed E-state index contributed by atoms with van der Waals surface area (Å²) in [6.07, 6.45) is -2.89. The van der Waals surface area contributed by atoms with Gasteiger partial charge in [-0.2, -0.15) is 23.3 Å². The van der Waals surface area contributed by atoms with Gasteiger partial charge in [0.2, 0.25) is 5.95 Å². The van der Waals surface area contributed by atoms with Crippen LogP contribution in [-0.2, 0) is 16.5 Å². The fourth-order valence-electron chi connectivity index (χ4n) is 2.68. The molecule has 12 heteroatoms. The molecule has 3 heterocycles. The number of alkyl halides is 3. The van der Waals surface area contributed by atoms with Gasteiger partial charge < -0.3 is 20.5 Å². The van der Waals surface area contributed by atoms with Gasteiger partial charge in [-0.05, 0) is 13.8 Å². The lowest BCUT2D eigenvalue weighted by atomic mass is 10.0. The Morgan fingerprint density at radius 1 is 1.48 bits per heavy atom. The Kier molecular flexibility index (Phi) is 5.19. The standard InChI is InChI=1S/C15H18ClF3N6O2/c1-3-20-11-8(15(17,18)19)6-21-13(23-11)22-9-7-25(24-10(9)16)14(2)4-5-27-12(14)26/h6-7,12,26H,3-5H2,1-2H3,(H2,20,21,22,23)/t12?,14-/m0/s1. The molecule has 2 atom stereocenters. The van der Waals surface area contributed by atoms with E-state index in [1.165, 1.54) is 10.9 Å². The van der Waals surface area contributed by atoms with Crippen LogP contribution in [0.4, 0.5) is 30.6 Å². The Balaban J connectivity index is 1.89. The van der Waals surface area contributed by atoms with Gasteiger partial charge in [0.1, 0.15) is 16.9 Å². The Labute approximate surface area is 157 Å². The molecule has 0 radical (unpaired) electrons. The van der Waals surface area contributed by atoms with E-state index in [-0.39, 0.29) is 23.5 Å². The van der Waals surface area contributed by atoms with Crippen molar-refractivity contribution < 1.29 is 23.0 Å². The first-order valence-electron chi connectivity index (χ1n) is 8.15. The minimum atomic E-state index is -4.58. The van der Waals surface area contributed by atoms with Crippen molar-refractivity contribution >= 4 is 29.1 Å². The van der Waals surface area contributed by atoms with Crippen molar-refractivity contribution in [2.24, 2.45) is 0 Å². The number of anilines is 3. The average Bonchev–Trinajstić information content (AvgIpc) is 3.11. The SMILES string of the molecule is CCNc1nc(Nc2cn([C@@]3(C)CCOC3O)nc2Cl)ncc1C(F)(F)F. The fraction of sp³-hybridized carbons (Fsp3) is 0.533. The third-order valence-electron chi connectivity index (χ3n) is 4.29. The van der Waals surface area contributed by atoms with Crippen molar-refractivity contribution in [3.05, 3.63) is 23.1 Å². The molecular weight excluding hydrogens is 389 g/mol. The summed E-state index contributed by atoms with van der Waals surface area (Å²) in [5, 5.41) is 19.6. The summed E-state index contributed by atoms with van der Waals surface area (Å²) < 4.78 is 45.7. The van der Waals surface area contributed by atoms with Crippen LogP contribution in [-0.4, -0.2) is 44.3 Å². The van der Waals surface area contributed by atoms with Gasteiger partial charge in [0.05, 0.1) is 18.5 Å². The highest BCUT2D eigenvalue weighted by Gasteiger charge is 2.42. The van der Waals surface area contributed by atoms with E-state index in [0.29, 0.717) is 24.9 Å². The molecule has 148 valence electrons. The number of halogens is 4. The van der Waals surface area contributed by atoms with Crippen molar-refractivity contribution in [1.29, 1.82) is 0 Å². The van der Waals surface area contributed by atoms with Crippen LogP contribution in [0.5, 0.6) is 0 Å². The first-order valence-corrected chi connectivity index (χ1v) is 8.53. The molecule has 8 nitrogen and oxygen atoms in total. The van der Waals surface area contributed by atoms with Crippen LogP contribution in [0.1, 0.15) is 25.8 Å². The lowest BCUT2D eigenvalue weighted by Gasteiger charge is -2.26. The highest BCUT2D eigenvalue weighted by atomic mass is 35.5. The van der Waals surface area contributed by atoms with E-state index in [1.807, 2.05) is 0 Å². The number of nitrogens with zero attached hydrogens (tertiary/aromatic N) is 4. The quantitative estimate of drug-likeness (QED) is 0.702. The van der Waals surface area contributed by atoms with E-state index in [4.69, 9.17) is 16.3 Å². The Morgan fingerprint density at radius 3 is 2.81 bits per heavy atom. The van der Waals surface area contributed by atoms with E-state index in [0.717, 1.165) is 0 Å². The zero-order chi connectivity index (χ0) is 19.8. The maximum absolute atomic E-state index is 13.0. The average molecular weight is 407 g/mol. The molecule has 0 saturated carbocycles. The smallest absolute Gasteiger partial charge is 0.370 e. The molecular formula is C15H18ClF3N6O2. The predicted octanol–water partition coefficient (Wildman–Crippen LogP) is 2.97. The Bertz CT molecular complexity index is 830. The summed E-state index contributed by atoms with van der Waals surface area (Å²) in [5.41, 5.74) is -1.48. The van der Waals surface area contributed by atoms with E-state index in [2.05, 4.69) is 25.7 Å². The second kappa shape index (κ2) is 7.13. The van der Waals surface area contributed by atoms with Crippen molar-refractivity contribution in [3.8, 4) is 0 Å². The molecule has 0 amide bonds. The van der Waals surface area contributed by atoms with Gasteiger partial charge in [-0.25, -0.2) is 4.98 Å². The molecule has 1 aliphatic heterocycles. The monoisotopic (exact) mass is 406 g/mol. The van der Waals surface area contributed by atoms with Gasteiger partial charge in [0.25, 0.3) is 0 Å². The Morgan fingerprint density at radius 2 is 2.22 bits per heavy atom. The molecule has 1 fully saturated rings. The topological polar surface area (TPSA) is 97.1 Å². The second-order valence-electron chi connectivity index (χ2n) is 6.22. The summed E-state index contributed by atoms with van der Waals surface area (Å²) in [6.45, 7) is 4.04. The van der Waals surface area contributed by atoms with Gasteiger partial charge in [-0.15, -0.1) is 0 Å². The molecule has 3 rings (SSSR count). The number of aromatic nitrogens is 4. The highest BCUT2D eigenvalue weighted by molar-refractivity contribution is 6.32. The minimum Gasteiger partial charge on any atom is -0.370 e. The Hall–Kier alpha value is -2.11. The second-order valence-corrected chi connectivity index (χ2v) is 6.58. The molecule has 0 aromatic carbocycles. The van der Waals surface area contributed by atoms with Crippen molar-refractivity contribution in [1.82, 2.24) is 19.7 Å². The highest BCUT2D eigenvalue weighted by Crippen LogP contribution is 2.36. The normalized spacial score (nSPS) is 22.9. The maximum atomic E-state index is 13.0. The van der Waals surface area contributed by atoms with E-state index < -0.39 is 23.6 Å². The third kappa shape index (κ3) is 3.80. The molecule has 27 heavy (non-hydrogen) atoms. The summed E-state index contributed by atoms with van der Waals surface area (Å²) in [5.74, 6) is -0.411. The van der Waals surface area contributed by atoms with Crippen LogP contribution in [0.25, 0.3) is 0 Å². The summed E-state index contributed by atoms with van der Waals surface area (Å²) >= 11 is 6.12. The first kappa shape index (κ1) is 19.6. The van der Waals surface area contributed by atoms with Gasteiger partial charge in [0.15, 0.2) is 11.4 Å². The number of aliphatic hydroxyl groups excluding tert-OH is 1. The number of hydrogen-bond donors (Lipinski definition) is 3. The van der Waals surface area contributed by atoms with Gasteiger partial charge in [-0.3, -0.25) is 4.68 Å². The van der Waals surface area contributed by atoms with Crippen LogP contribution in [0.2, 0.25) is 5.15 Å². The molecule has 2 aromatic heterocycles. The molecule has 1 saturated heterocycles. The van der Waals surface area contributed by atoms with Crippen molar-refractivity contribution in [2.75, 3.05) is 23.8 Å². The van der Waals surface area contributed by atoms with E-state index in [1.54, 1.807) is 13.8 Å². The predicted molar refractivity (Wildman–Crippen MR) is 91.9 cm³/mol. The molecule has 0 bridgehead atoms. The van der Waals surface area contributed by atoms with Crippen LogP contribution in [0.15, 0.2) is 12.4 Å². The molecule has 1 unspecified atom stereocenters. The molecule has 3 N–H and O–H groups in total. The van der Waals surface area contributed by atoms with Gasteiger partial charge in [-0.1, -0.05) is 11.6 Å². The first-order chi connectivity index (χ1) is 12.6. The largest absolute Gasteiger partial charge is 0.421 e. The number of hydrogen-bond acceptors (Lipinski definition) is 7. The maximum Gasteiger partial charge on any atom is 0.421 e. The molecule has 1 aliphatic rings. The summed E-state index contributed by atoms with van der Waals surface area (Å²) in [4.78, 5) is 7.59. The zero-order valence-electron chi connectivity index (χ0n) is 14.5. The summed E-state index contributed by atoms with van der Waals surface area (Å²) in [6, 6.07) is 0. The molecule has 2 aromatic rings. The number of ether oxygens (including phenoxy) is 1. The van der Waals surface area contributed by atoms with Crippen LogP contribution in [0, 0.1) is 0 Å². The number of rotatable bonds is 5. The van der Waals surface area contributed by atoms with Crippen LogP contribution < -0.4 is 10.6 Å². The number of aliphatic hydroxyl groups is 1. The fourth-order valence-corrected chi connectivity index (χ4v) is 2.86.